The molecule has 32 heavy (non-hydrogen) atoms. The highest BCUT2D eigenvalue weighted by Crippen LogP contribution is 2.34. The van der Waals surface area contributed by atoms with Crippen molar-refractivity contribution < 1.29 is 17.6 Å². The topological polar surface area (TPSA) is 134 Å². The Balaban J connectivity index is 1.59. The normalized spacial score (nSPS) is 23.2. The number of rotatable bonds is 8. The Morgan fingerprint density at radius 1 is 1.34 bits per heavy atom. The van der Waals surface area contributed by atoms with E-state index in [0.29, 0.717) is 39.1 Å². The fourth-order valence-corrected chi connectivity index (χ4v) is 5.58. The van der Waals surface area contributed by atoms with Gasteiger partial charge in [0.25, 0.3) is 11.9 Å². The number of nitrogen functional groups attached to an aromatic ring is 1. The monoisotopic (exact) mass is 530 g/mol. The lowest BCUT2D eigenvalue weighted by atomic mass is 9.88. The van der Waals surface area contributed by atoms with Crippen LogP contribution in [0.1, 0.15) is 37.7 Å². The van der Waals surface area contributed by atoms with Gasteiger partial charge in [-0.2, -0.15) is 9.29 Å². The molecule has 0 aromatic carbocycles. The van der Waals surface area contributed by atoms with Crippen LogP contribution in [0, 0.1) is 0 Å². The zero-order valence-corrected chi connectivity index (χ0v) is 21.0. The van der Waals surface area contributed by atoms with E-state index in [2.05, 4.69) is 49.4 Å². The van der Waals surface area contributed by atoms with E-state index in [1.54, 1.807) is 4.31 Å². The average Bonchev–Trinajstić information content (AvgIpc) is 3.17. The summed E-state index contributed by atoms with van der Waals surface area (Å²) in [6, 6.07) is 0.188. The minimum atomic E-state index is -3.29. The SMILES string of the molecule is CC(C)NCCS(=O)(=O)N1CCN(C2(C)C=CC(Br)=C(NC(=O)c3coc(N)n3)C2)CC1. The smallest absolute Gasteiger partial charge is 0.292 e. The predicted octanol–water partition coefficient (Wildman–Crippen LogP) is 1.26. The molecule has 1 atom stereocenters. The summed E-state index contributed by atoms with van der Waals surface area (Å²) in [5.41, 5.74) is 5.92. The van der Waals surface area contributed by atoms with Gasteiger partial charge in [-0.05, 0) is 28.9 Å². The summed E-state index contributed by atoms with van der Waals surface area (Å²) in [7, 11) is -3.29. The van der Waals surface area contributed by atoms with Crippen LogP contribution in [0.25, 0.3) is 0 Å². The number of carbonyl (C=O) groups is 1. The van der Waals surface area contributed by atoms with Crippen molar-refractivity contribution in [3.63, 3.8) is 0 Å². The summed E-state index contributed by atoms with van der Waals surface area (Å²) < 4.78 is 32.6. The Kier molecular flexibility index (Phi) is 7.81. The first-order valence-corrected chi connectivity index (χ1v) is 13.0. The summed E-state index contributed by atoms with van der Waals surface area (Å²) in [4.78, 5) is 18.6. The minimum absolute atomic E-state index is 0.0654. The lowest BCUT2D eigenvalue weighted by molar-refractivity contribution is 0.0903. The van der Waals surface area contributed by atoms with Gasteiger partial charge in [-0.3, -0.25) is 9.69 Å². The minimum Gasteiger partial charge on any atom is -0.431 e. The summed E-state index contributed by atoms with van der Waals surface area (Å²) in [6.45, 7) is 8.62. The second-order valence-corrected chi connectivity index (χ2v) is 11.5. The molecule has 1 aliphatic carbocycles. The zero-order valence-electron chi connectivity index (χ0n) is 18.6. The van der Waals surface area contributed by atoms with Crippen LogP contribution in [0.4, 0.5) is 6.01 Å². The van der Waals surface area contributed by atoms with Crippen LogP contribution in [0.3, 0.4) is 0 Å². The summed E-state index contributed by atoms with van der Waals surface area (Å²) in [5, 5.41) is 6.04. The second-order valence-electron chi connectivity index (χ2n) is 8.53. The van der Waals surface area contributed by atoms with E-state index >= 15 is 0 Å². The largest absolute Gasteiger partial charge is 0.431 e. The van der Waals surface area contributed by atoms with E-state index in [4.69, 9.17) is 10.2 Å². The van der Waals surface area contributed by atoms with Crippen molar-refractivity contribution in [2.45, 2.75) is 38.8 Å². The number of halogens is 1. The van der Waals surface area contributed by atoms with E-state index in [0.717, 1.165) is 10.2 Å². The lowest BCUT2D eigenvalue weighted by Gasteiger charge is -2.45. The number of allylic oxidation sites excluding steroid dienone is 2. The van der Waals surface area contributed by atoms with E-state index < -0.39 is 15.9 Å². The Morgan fingerprint density at radius 3 is 2.62 bits per heavy atom. The third kappa shape index (κ3) is 5.98. The molecular weight excluding hydrogens is 500 g/mol. The predicted molar refractivity (Wildman–Crippen MR) is 127 cm³/mol. The molecule has 0 spiro atoms. The molecule has 2 aliphatic rings. The number of nitrogens with one attached hydrogen (secondary N) is 2. The first kappa shape index (κ1) is 24.9. The maximum absolute atomic E-state index is 12.7. The van der Waals surface area contributed by atoms with Crippen molar-refractivity contribution in [2.75, 3.05) is 44.2 Å². The third-order valence-electron chi connectivity index (χ3n) is 5.70. The van der Waals surface area contributed by atoms with Gasteiger partial charge in [0.05, 0.1) is 5.75 Å². The number of oxazole rings is 1. The van der Waals surface area contributed by atoms with Gasteiger partial charge < -0.3 is 20.8 Å². The fourth-order valence-electron chi connectivity index (χ4n) is 3.85. The van der Waals surface area contributed by atoms with E-state index in [1.165, 1.54) is 6.26 Å². The molecule has 1 unspecified atom stereocenters. The maximum Gasteiger partial charge on any atom is 0.292 e. The molecule has 4 N–H and O–H groups in total. The first-order valence-electron chi connectivity index (χ1n) is 10.6. The van der Waals surface area contributed by atoms with Gasteiger partial charge in [0.2, 0.25) is 10.0 Å². The molecule has 1 aliphatic heterocycles. The molecule has 12 heteroatoms. The number of hydrogen-bond acceptors (Lipinski definition) is 8. The molecule has 0 bridgehead atoms. The van der Waals surface area contributed by atoms with Crippen LogP contribution in [0.2, 0.25) is 0 Å². The average molecular weight is 531 g/mol. The second kappa shape index (κ2) is 10.0. The van der Waals surface area contributed by atoms with Gasteiger partial charge in [0.1, 0.15) is 6.26 Å². The van der Waals surface area contributed by atoms with Gasteiger partial charge in [-0.25, -0.2) is 8.42 Å². The van der Waals surface area contributed by atoms with Crippen molar-refractivity contribution in [3.8, 4) is 0 Å². The van der Waals surface area contributed by atoms with Gasteiger partial charge in [0, 0.05) is 60.9 Å². The number of nitrogens with zero attached hydrogens (tertiary/aromatic N) is 3. The Labute approximate surface area is 197 Å². The fraction of sp³-hybridized carbons (Fsp3) is 0.600. The zero-order chi connectivity index (χ0) is 23.5. The highest BCUT2D eigenvalue weighted by Gasteiger charge is 2.37. The standard InChI is InChI=1S/C20H31BrN6O4S/c1-14(2)23-6-11-32(29,30)27-9-7-26(8-10-27)20(3)5-4-15(21)16(12-20)24-18(28)17-13-31-19(22)25-17/h4-5,13-14,23H,6-12H2,1-3H3,(H2,22,25)(H,24,28). The van der Waals surface area contributed by atoms with Crippen LogP contribution in [0.15, 0.2) is 33.0 Å². The van der Waals surface area contributed by atoms with Crippen molar-refractivity contribution in [2.24, 2.45) is 0 Å². The quantitative estimate of drug-likeness (QED) is 0.457. The van der Waals surface area contributed by atoms with Crippen LogP contribution < -0.4 is 16.4 Å². The van der Waals surface area contributed by atoms with Crippen LogP contribution in [-0.2, 0) is 10.0 Å². The van der Waals surface area contributed by atoms with Gasteiger partial charge >= 0.3 is 0 Å². The molecule has 2 heterocycles. The number of amides is 1. The first-order chi connectivity index (χ1) is 15.0. The van der Waals surface area contributed by atoms with Gasteiger partial charge in [0.15, 0.2) is 5.69 Å². The van der Waals surface area contributed by atoms with Crippen molar-refractivity contribution in [1.29, 1.82) is 0 Å². The number of aromatic nitrogens is 1. The summed E-state index contributed by atoms with van der Waals surface area (Å²) in [5.74, 6) is -0.304. The van der Waals surface area contributed by atoms with Crippen molar-refractivity contribution >= 4 is 37.9 Å². The highest BCUT2D eigenvalue weighted by atomic mass is 79.9. The number of carbonyl (C=O) groups excluding carboxylic acids is 1. The molecule has 3 rings (SSSR count). The summed E-state index contributed by atoms with van der Waals surface area (Å²) in [6.07, 6.45) is 5.76. The van der Waals surface area contributed by atoms with Crippen LogP contribution in [-0.4, -0.2) is 78.6 Å². The van der Waals surface area contributed by atoms with Gasteiger partial charge in [-0.1, -0.05) is 19.9 Å². The number of anilines is 1. The lowest BCUT2D eigenvalue weighted by Crippen LogP contribution is -2.57. The van der Waals surface area contributed by atoms with Crippen molar-refractivity contribution in [1.82, 2.24) is 24.8 Å². The molecular formula is C20H31BrN6O4S. The van der Waals surface area contributed by atoms with Crippen molar-refractivity contribution in [3.05, 3.63) is 34.3 Å². The summed E-state index contributed by atoms with van der Waals surface area (Å²) >= 11 is 3.50. The molecule has 1 fully saturated rings. The Bertz CT molecular complexity index is 997. The van der Waals surface area contributed by atoms with E-state index in [1.807, 2.05) is 19.9 Å². The molecule has 1 saturated heterocycles. The Hall–Kier alpha value is -1.73. The molecule has 1 amide bonds. The molecule has 178 valence electrons. The molecule has 10 nitrogen and oxygen atoms in total. The third-order valence-corrected chi connectivity index (χ3v) is 8.31. The van der Waals surface area contributed by atoms with E-state index in [-0.39, 0.29) is 29.0 Å². The number of hydrogen-bond donors (Lipinski definition) is 3. The van der Waals surface area contributed by atoms with E-state index in [9.17, 15) is 13.2 Å². The number of piperazine rings is 1. The maximum atomic E-state index is 12.7. The molecule has 0 radical (unpaired) electrons. The Morgan fingerprint density at radius 2 is 2.03 bits per heavy atom. The highest BCUT2D eigenvalue weighted by molar-refractivity contribution is 9.11. The molecule has 1 aromatic heterocycles. The number of nitrogens with two attached hydrogens (primary N) is 1. The van der Waals surface area contributed by atoms with Gasteiger partial charge in [-0.15, -0.1) is 0 Å². The van der Waals surface area contributed by atoms with Crippen LogP contribution in [0.5, 0.6) is 0 Å². The van der Waals surface area contributed by atoms with Crippen LogP contribution >= 0.6 is 15.9 Å². The molecule has 0 saturated carbocycles. The molecule has 1 aromatic rings. The number of sulfonamides is 1.